The van der Waals surface area contributed by atoms with E-state index in [0.717, 1.165) is 96.1 Å². The molecule has 10 heteroatoms. The van der Waals surface area contributed by atoms with Crippen molar-refractivity contribution >= 4 is 29.9 Å². The molecule has 2 saturated heterocycles. The van der Waals surface area contributed by atoms with E-state index in [9.17, 15) is 4.79 Å². The molecule has 3 aliphatic rings. The third-order valence-corrected chi connectivity index (χ3v) is 6.69. The normalized spacial score (nSPS) is 22.0. The van der Waals surface area contributed by atoms with Gasteiger partial charge in [0.15, 0.2) is 5.96 Å². The Morgan fingerprint density at radius 1 is 1.18 bits per heavy atom. The zero-order valence-electron chi connectivity index (χ0n) is 20.0. The lowest BCUT2D eigenvalue weighted by Gasteiger charge is -2.35. The first kappa shape index (κ1) is 26.5. The lowest BCUT2D eigenvalue weighted by Crippen LogP contribution is -2.47. The third kappa shape index (κ3) is 7.42. The van der Waals surface area contributed by atoms with Gasteiger partial charge in [0, 0.05) is 52.3 Å². The predicted molar refractivity (Wildman–Crippen MR) is 140 cm³/mol. The van der Waals surface area contributed by atoms with Crippen molar-refractivity contribution in [1.82, 2.24) is 24.6 Å². The molecule has 188 valence electrons. The van der Waals surface area contributed by atoms with Crippen molar-refractivity contribution in [2.45, 2.75) is 90.0 Å². The van der Waals surface area contributed by atoms with Crippen molar-refractivity contribution in [1.29, 1.82) is 0 Å². The van der Waals surface area contributed by atoms with E-state index in [1.807, 2.05) is 4.57 Å². The van der Waals surface area contributed by atoms with Gasteiger partial charge in [-0.3, -0.25) is 9.56 Å². The molecule has 0 amide bonds. The number of nitrogens with one attached hydrogen (secondary N) is 1. The van der Waals surface area contributed by atoms with Crippen LogP contribution < -0.4 is 11.0 Å². The second-order valence-corrected chi connectivity index (χ2v) is 9.13. The first-order valence-electron chi connectivity index (χ1n) is 12.7. The fourth-order valence-electron chi connectivity index (χ4n) is 4.84. The van der Waals surface area contributed by atoms with E-state index >= 15 is 0 Å². The maximum absolute atomic E-state index is 12.5. The summed E-state index contributed by atoms with van der Waals surface area (Å²) in [7, 11) is 0. The maximum atomic E-state index is 12.5. The summed E-state index contributed by atoms with van der Waals surface area (Å²) in [5, 5.41) is 7.95. The van der Waals surface area contributed by atoms with Crippen LogP contribution in [0.5, 0.6) is 0 Å². The molecule has 1 atom stereocenters. The second kappa shape index (κ2) is 13.7. The van der Waals surface area contributed by atoms with Crippen LogP contribution in [0.4, 0.5) is 0 Å². The summed E-state index contributed by atoms with van der Waals surface area (Å²) >= 11 is 0. The minimum Gasteiger partial charge on any atom is -0.376 e. The highest BCUT2D eigenvalue weighted by molar-refractivity contribution is 14.0. The van der Waals surface area contributed by atoms with Crippen molar-refractivity contribution in [3.05, 3.63) is 16.3 Å². The van der Waals surface area contributed by atoms with E-state index in [1.165, 1.54) is 12.8 Å². The number of hydrogen-bond acceptors (Lipinski definition) is 5. The van der Waals surface area contributed by atoms with Crippen LogP contribution >= 0.6 is 24.0 Å². The average molecular weight is 577 g/mol. The summed E-state index contributed by atoms with van der Waals surface area (Å²) in [4.78, 5) is 19.6. The summed E-state index contributed by atoms with van der Waals surface area (Å²) < 4.78 is 15.4. The lowest BCUT2D eigenvalue weighted by atomic mass is 10.1. The number of piperidine rings is 1. The zero-order valence-corrected chi connectivity index (χ0v) is 22.4. The number of aliphatic imine (C=N–C) groups is 1. The van der Waals surface area contributed by atoms with Crippen LogP contribution in [0.1, 0.15) is 64.1 Å². The largest absolute Gasteiger partial charge is 0.376 e. The maximum Gasteiger partial charge on any atom is 0.345 e. The average Bonchev–Trinajstić information content (AvgIpc) is 3.16. The number of nitrogens with zero attached hydrogens (tertiary/aromatic N) is 5. The molecule has 1 unspecified atom stereocenters. The topological polar surface area (TPSA) is 85.9 Å². The summed E-state index contributed by atoms with van der Waals surface area (Å²) in [6.07, 6.45) is 10.1. The van der Waals surface area contributed by atoms with E-state index in [1.54, 1.807) is 4.68 Å². The van der Waals surface area contributed by atoms with E-state index in [2.05, 4.69) is 22.2 Å². The third-order valence-electron chi connectivity index (χ3n) is 6.69. The zero-order chi connectivity index (χ0) is 22.2. The fraction of sp³-hybridized carbons (Fsp3) is 0.870. The van der Waals surface area contributed by atoms with Crippen LogP contribution in [0.2, 0.25) is 0 Å². The fourth-order valence-corrected chi connectivity index (χ4v) is 4.84. The highest BCUT2D eigenvalue weighted by Gasteiger charge is 2.24. The Balaban J connectivity index is 0.00000306. The molecule has 1 aromatic heterocycles. The van der Waals surface area contributed by atoms with Gasteiger partial charge in [0.25, 0.3) is 0 Å². The van der Waals surface area contributed by atoms with Gasteiger partial charge in [0.2, 0.25) is 0 Å². The van der Waals surface area contributed by atoms with Gasteiger partial charge in [-0.2, -0.15) is 5.10 Å². The molecule has 1 N–H and O–H groups in total. The van der Waals surface area contributed by atoms with Crippen LogP contribution in [0.25, 0.3) is 0 Å². The molecule has 0 radical (unpaired) electrons. The Bertz CT molecular complexity index is 797. The van der Waals surface area contributed by atoms with Crippen LogP contribution in [0.3, 0.4) is 0 Å². The molecule has 9 nitrogen and oxygen atoms in total. The van der Waals surface area contributed by atoms with Crippen LogP contribution in [-0.4, -0.2) is 76.8 Å². The first-order valence-corrected chi connectivity index (χ1v) is 12.7. The number of hydrogen-bond donors (Lipinski definition) is 1. The molecule has 0 saturated carbocycles. The molecular formula is C23H41IN6O3. The van der Waals surface area contributed by atoms with Crippen LogP contribution in [0.15, 0.2) is 9.79 Å². The van der Waals surface area contributed by atoms with Gasteiger partial charge in [-0.05, 0) is 58.3 Å². The van der Waals surface area contributed by atoms with E-state index in [0.29, 0.717) is 19.2 Å². The molecule has 33 heavy (non-hydrogen) atoms. The van der Waals surface area contributed by atoms with Gasteiger partial charge in [0.1, 0.15) is 5.82 Å². The Hall–Kier alpha value is -1.14. The number of guanidine groups is 1. The number of aryl methyl sites for hydroxylation is 2. The van der Waals surface area contributed by atoms with E-state index in [4.69, 9.17) is 14.5 Å². The molecule has 0 spiro atoms. The summed E-state index contributed by atoms with van der Waals surface area (Å²) in [5.74, 6) is 1.91. The molecule has 0 bridgehead atoms. The number of fused-ring (bicyclic) bond motifs is 1. The van der Waals surface area contributed by atoms with Gasteiger partial charge in [-0.15, -0.1) is 24.0 Å². The highest BCUT2D eigenvalue weighted by Crippen LogP contribution is 2.18. The summed E-state index contributed by atoms with van der Waals surface area (Å²) in [5.41, 5.74) is 0.0382. The monoisotopic (exact) mass is 576 g/mol. The molecule has 1 aromatic rings. The van der Waals surface area contributed by atoms with Gasteiger partial charge in [-0.25, -0.2) is 9.48 Å². The van der Waals surface area contributed by atoms with Gasteiger partial charge >= 0.3 is 5.69 Å². The van der Waals surface area contributed by atoms with Crippen LogP contribution in [-0.2, 0) is 29.0 Å². The van der Waals surface area contributed by atoms with Crippen molar-refractivity contribution in [3.63, 3.8) is 0 Å². The minimum atomic E-state index is 0. The van der Waals surface area contributed by atoms with Crippen molar-refractivity contribution in [3.8, 4) is 0 Å². The van der Waals surface area contributed by atoms with E-state index < -0.39 is 0 Å². The Kier molecular flexibility index (Phi) is 11.0. The van der Waals surface area contributed by atoms with Crippen LogP contribution in [0, 0.1) is 0 Å². The quantitative estimate of drug-likeness (QED) is 0.222. The SMILES string of the molecule is CCNC(=NCCCn1nc2n(c1=O)CCCC2)N1CCC(OCC2CCCCO2)CC1.I. The molecule has 3 aliphatic heterocycles. The number of aromatic nitrogens is 3. The second-order valence-electron chi connectivity index (χ2n) is 9.13. The molecular weight excluding hydrogens is 535 g/mol. The standard InChI is InChI=1S/C23H40N6O3.HI/c1-2-24-22(25-12-7-14-29-23(30)28-13-5-3-9-21(28)26-29)27-15-10-19(11-16-27)32-18-20-8-4-6-17-31-20;/h19-20H,2-18H2,1H3,(H,24,25);1H. The minimum absolute atomic E-state index is 0. The summed E-state index contributed by atoms with van der Waals surface area (Å²) in [6.45, 7) is 8.59. The molecule has 4 rings (SSSR count). The first-order chi connectivity index (χ1) is 15.7. The van der Waals surface area contributed by atoms with Gasteiger partial charge in [-0.1, -0.05) is 0 Å². The Labute approximate surface area is 214 Å². The Morgan fingerprint density at radius 3 is 2.76 bits per heavy atom. The van der Waals surface area contributed by atoms with Gasteiger partial charge in [0.05, 0.1) is 18.8 Å². The number of likely N-dealkylation sites (tertiary alicyclic amines) is 1. The molecule has 2 fully saturated rings. The number of ether oxygens (including phenoxy) is 2. The molecule has 0 aromatic carbocycles. The van der Waals surface area contributed by atoms with Crippen molar-refractivity contribution < 1.29 is 9.47 Å². The molecule has 0 aliphatic carbocycles. The van der Waals surface area contributed by atoms with Crippen molar-refractivity contribution in [2.75, 3.05) is 39.4 Å². The molecule has 4 heterocycles. The van der Waals surface area contributed by atoms with E-state index in [-0.39, 0.29) is 35.8 Å². The highest BCUT2D eigenvalue weighted by atomic mass is 127. The Morgan fingerprint density at radius 2 is 2.03 bits per heavy atom. The summed E-state index contributed by atoms with van der Waals surface area (Å²) in [6, 6.07) is 0. The lowest BCUT2D eigenvalue weighted by molar-refractivity contribution is -0.0721. The van der Waals surface area contributed by atoms with Crippen molar-refractivity contribution in [2.24, 2.45) is 4.99 Å². The van der Waals surface area contributed by atoms with Gasteiger partial charge < -0.3 is 19.7 Å². The number of rotatable bonds is 8. The predicted octanol–water partition coefficient (Wildman–Crippen LogP) is 2.40. The smallest absolute Gasteiger partial charge is 0.345 e. The number of halogens is 1.